The molecule has 0 unspecified atom stereocenters. The van der Waals surface area contributed by atoms with E-state index in [-0.39, 0.29) is 28.4 Å². The first kappa shape index (κ1) is 20.7. The van der Waals surface area contributed by atoms with Crippen LogP contribution in [0.5, 0.6) is 0 Å². The fourth-order valence-corrected chi connectivity index (χ4v) is 3.88. The van der Waals surface area contributed by atoms with Crippen LogP contribution < -0.4 is 5.32 Å². The third-order valence-corrected chi connectivity index (χ3v) is 6.04. The zero-order valence-electron chi connectivity index (χ0n) is 14.3. The minimum absolute atomic E-state index is 0.177. The Bertz CT molecular complexity index is 886. The van der Waals surface area contributed by atoms with Crippen molar-refractivity contribution in [3.8, 4) is 0 Å². The van der Waals surface area contributed by atoms with Crippen molar-refractivity contribution in [1.29, 1.82) is 0 Å². The van der Waals surface area contributed by atoms with Gasteiger partial charge >= 0.3 is 0 Å². The van der Waals surface area contributed by atoms with Crippen molar-refractivity contribution in [3.63, 3.8) is 0 Å². The first-order valence-electron chi connectivity index (χ1n) is 7.78. The Labute approximate surface area is 162 Å². The summed E-state index contributed by atoms with van der Waals surface area (Å²) < 4.78 is 36.6. The van der Waals surface area contributed by atoms with Gasteiger partial charge in [-0.1, -0.05) is 29.8 Å². The number of hydrogen-bond acceptors (Lipinski definition) is 4. The molecule has 26 heavy (non-hydrogen) atoms. The largest absolute Gasteiger partial charge is 0.349 e. The second-order valence-electron chi connectivity index (χ2n) is 5.86. The third kappa shape index (κ3) is 6.00. The van der Waals surface area contributed by atoms with E-state index >= 15 is 0 Å². The lowest BCUT2D eigenvalue weighted by atomic mass is 10.1. The summed E-state index contributed by atoms with van der Waals surface area (Å²) in [6.07, 6.45) is 1.15. The number of sulfone groups is 1. The number of amides is 1. The summed E-state index contributed by atoms with van der Waals surface area (Å²) in [7, 11) is -3.24. The van der Waals surface area contributed by atoms with Crippen LogP contribution in [-0.4, -0.2) is 26.3 Å². The molecule has 0 aliphatic rings. The highest BCUT2D eigenvalue weighted by molar-refractivity contribution is 7.99. The van der Waals surface area contributed by atoms with E-state index < -0.39 is 9.84 Å². The molecule has 0 aliphatic carbocycles. The molecule has 0 fully saturated rings. The standard InChI is InChI=1S/C18H19ClFNO3S2/c1-12(13-4-7-16(8-5-13)26(2,23)24)21-18(22)11-25-10-14-3-6-15(19)9-17(14)20/h3-9,12H,10-11H2,1-2H3,(H,21,22)/t12-/m0/s1. The Kier molecular flexibility index (Phi) is 7.08. The minimum Gasteiger partial charge on any atom is -0.349 e. The first-order chi connectivity index (χ1) is 12.2. The molecule has 1 N–H and O–H groups in total. The van der Waals surface area contributed by atoms with Gasteiger partial charge in [0.25, 0.3) is 0 Å². The predicted octanol–water partition coefficient (Wildman–Crippen LogP) is 3.99. The number of carbonyl (C=O) groups excluding carboxylic acids is 1. The molecule has 1 amide bonds. The van der Waals surface area contributed by atoms with Gasteiger partial charge in [-0.05, 0) is 42.3 Å². The van der Waals surface area contributed by atoms with Gasteiger partial charge in [0.15, 0.2) is 9.84 Å². The topological polar surface area (TPSA) is 63.2 Å². The molecule has 2 rings (SSSR count). The summed E-state index contributed by atoms with van der Waals surface area (Å²) >= 11 is 7.01. The van der Waals surface area contributed by atoms with E-state index in [0.29, 0.717) is 16.3 Å². The fourth-order valence-electron chi connectivity index (χ4n) is 2.26. The highest BCUT2D eigenvalue weighted by atomic mass is 35.5. The SMILES string of the molecule is C[C@H](NC(=O)CSCc1ccc(Cl)cc1F)c1ccc(S(C)(=O)=O)cc1. The van der Waals surface area contributed by atoms with E-state index in [1.807, 2.05) is 6.92 Å². The molecule has 0 heterocycles. The number of hydrogen-bond donors (Lipinski definition) is 1. The van der Waals surface area contributed by atoms with Crippen LogP contribution in [0.2, 0.25) is 5.02 Å². The van der Waals surface area contributed by atoms with Crippen molar-refractivity contribution in [1.82, 2.24) is 5.32 Å². The third-order valence-electron chi connectivity index (χ3n) is 3.69. The van der Waals surface area contributed by atoms with Crippen LogP contribution in [-0.2, 0) is 20.4 Å². The zero-order valence-corrected chi connectivity index (χ0v) is 16.7. The van der Waals surface area contributed by atoms with Crippen LogP contribution in [0.1, 0.15) is 24.1 Å². The van der Waals surface area contributed by atoms with Gasteiger partial charge in [0, 0.05) is 17.0 Å². The Morgan fingerprint density at radius 1 is 1.23 bits per heavy atom. The van der Waals surface area contributed by atoms with E-state index in [4.69, 9.17) is 11.6 Å². The summed E-state index contributed by atoms with van der Waals surface area (Å²) in [5.41, 5.74) is 1.30. The number of thioether (sulfide) groups is 1. The van der Waals surface area contributed by atoms with Crippen molar-refractivity contribution in [2.45, 2.75) is 23.6 Å². The number of nitrogens with one attached hydrogen (secondary N) is 1. The lowest BCUT2D eigenvalue weighted by Crippen LogP contribution is -2.28. The first-order valence-corrected chi connectivity index (χ1v) is 11.2. The second-order valence-corrected chi connectivity index (χ2v) is 9.30. The second kappa shape index (κ2) is 8.88. The molecule has 0 aromatic heterocycles. The van der Waals surface area contributed by atoms with Gasteiger partial charge in [-0.3, -0.25) is 4.79 Å². The quantitative estimate of drug-likeness (QED) is 0.742. The number of benzene rings is 2. The maximum atomic E-state index is 13.7. The molecular formula is C18H19ClFNO3S2. The smallest absolute Gasteiger partial charge is 0.230 e. The van der Waals surface area contributed by atoms with Gasteiger partial charge in [-0.2, -0.15) is 0 Å². The predicted molar refractivity (Wildman–Crippen MR) is 104 cm³/mol. The van der Waals surface area contributed by atoms with Crippen LogP contribution in [0, 0.1) is 5.82 Å². The number of carbonyl (C=O) groups is 1. The van der Waals surface area contributed by atoms with E-state index in [9.17, 15) is 17.6 Å². The van der Waals surface area contributed by atoms with Crippen molar-refractivity contribution in [2.75, 3.05) is 12.0 Å². The molecule has 2 aromatic rings. The van der Waals surface area contributed by atoms with Gasteiger partial charge in [-0.15, -0.1) is 11.8 Å². The van der Waals surface area contributed by atoms with Gasteiger partial charge in [0.05, 0.1) is 16.7 Å². The zero-order chi connectivity index (χ0) is 19.3. The number of rotatable bonds is 7. The fraction of sp³-hybridized carbons (Fsp3) is 0.278. The Morgan fingerprint density at radius 2 is 1.88 bits per heavy atom. The highest BCUT2D eigenvalue weighted by Crippen LogP contribution is 2.20. The van der Waals surface area contributed by atoms with Crippen LogP contribution in [0.25, 0.3) is 0 Å². The Hall–Kier alpha value is -1.57. The summed E-state index contributed by atoms with van der Waals surface area (Å²) in [5.74, 6) is -0.00406. The molecule has 0 aliphatic heterocycles. The average molecular weight is 416 g/mol. The molecule has 1 atom stereocenters. The van der Waals surface area contributed by atoms with E-state index in [2.05, 4.69) is 5.32 Å². The molecular weight excluding hydrogens is 397 g/mol. The summed E-state index contributed by atoms with van der Waals surface area (Å²) in [6.45, 7) is 1.82. The normalized spacial score (nSPS) is 12.6. The molecule has 0 bridgehead atoms. The van der Waals surface area contributed by atoms with E-state index in [1.165, 1.54) is 30.0 Å². The van der Waals surface area contributed by atoms with Gasteiger partial charge in [-0.25, -0.2) is 12.8 Å². The Balaban J connectivity index is 1.85. The van der Waals surface area contributed by atoms with Gasteiger partial charge < -0.3 is 5.32 Å². The lowest BCUT2D eigenvalue weighted by Gasteiger charge is -2.14. The van der Waals surface area contributed by atoms with Crippen LogP contribution in [0.15, 0.2) is 47.4 Å². The minimum atomic E-state index is -3.24. The van der Waals surface area contributed by atoms with Crippen molar-refractivity contribution in [2.24, 2.45) is 0 Å². The summed E-state index contributed by atoms with van der Waals surface area (Å²) in [5, 5.41) is 3.18. The summed E-state index contributed by atoms with van der Waals surface area (Å²) in [6, 6.07) is 10.6. The van der Waals surface area contributed by atoms with Crippen molar-refractivity contribution < 1.29 is 17.6 Å². The van der Waals surface area contributed by atoms with Crippen LogP contribution >= 0.6 is 23.4 Å². The van der Waals surface area contributed by atoms with Crippen molar-refractivity contribution in [3.05, 3.63) is 64.4 Å². The van der Waals surface area contributed by atoms with Crippen LogP contribution in [0.3, 0.4) is 0 Å². The molecule has 140 valence electrons. The van der Waals surface area contributed by atoms with Crippen molar-refractivity contribution >= 4 is 39.1 Å². The number of halogens is 2. The lowest BCUT2D eigenvalue weighted by molar-refractivity contribution is -0.119. The maximum absolute atomic E-state index is 13.7. The van der Waals surface area contributed by atoms with Crippen LogP contribution in [0.4, 0.5) is 4.39 Å². The molecule has 0 radical (unpaired) electrons. The maximum Gasteiger partial charge on any atom is 0.230 e. The van der Waals surface area contributed by atoms with Gasteiger partial charge in [0.2, 0.25) is 5.91 Å². The summed E-state index contributed by atoms with van der Waals surface area (Å²) in [4.78, 5) is 12.3. The van der Waals surface area contributed by atoms with E-state index in [1.54, 1.807) is 24.3 Å². The molecule has 8 heteroatoms. The Morgan fingerprint density at radius 3 is 2.46 bits per heavy atom. The molecule has 4 nitrogen and oxygen atoms in total. The van der Waals surface area contributed by atoms with Gasteiger partial charge in [0.1, 0.15) is 5.82 Å². The molecule has 0 saturated carbocycles. The highest BCUT2D eigenvalue weighted by Gasteiger charge is 2.12. The molecule has 0 saturated heterocycles. The molecule has 0 spiro atoms. The molecule has 2 aromatic carbocycles. The average Bonchev–Trinajstić information content (AvgIpc) is 2.56. The van der Waals surface area contributed by atoms with E-state index in [0.717, 1.165) is 11.8 Å². The monoisotopic (exact) mass is 415 g/mol.